The van der Waals surface area contributed by atoms with Crippen LogP contribution >= 0.6 is 0 Å². The Balaban J connectivity index is 2.05. The van der Waals surface area contributed by atoms with Crippen molar-refractivity contribution < 1.29 is 12.9 Å². The van der Waals surface area contributed by atoms with Crippen LogP contribution in [0.5, 0.6) is 0 Å². The third kappa shape index (κ3) is 3.26. The molecule has 9 heteroatoms. The molecule has 0 saturated carbocycles. The predicted octanol–water partition coefficient (Wildman–Crippen LogP) is 0.0273. The number of nitrogens with one attached hydrogen (secondary N) is 2. The lowest BCUT2D eigenvalue weighted by molar-refractivity contribution is 0.377. The standard InChI is InChI=1S/C10H13N5O3S/c1-11-8-3-2-5-12-10(8)19(16,17)15-6-4-9-13-7-14-18-9/h2-3,5,7,11,15H,4,6H2,1H3. The fourth-order valence-electron chi connectivity index (χ4n) is 1.46. The minimum absolute atomic E-state index is 0.0389. The second-order valence-corrected chi connectivity index (χ2v) is 5.27. The number of sulfonamides is 1. The Hall–Kier alpha value is -2.00. The maximum Gasteiger partial charge on any atom is 0.260 e. The smallest absolute Gasteiger partial charge is 0.260 e. The van der Waals surface area contributed by atoms with Crippen molar-refractivity contribution in [2.45, 2.75) is 11.4 Å². The summed E-state index contributed by atoms with van der Waals surface area (Å²) in [6.07, 6.45) is 3.01. The van der Waals surface area contributed by atoms with Gasteiger partial charge in [0.15, 0.2) is 11.4 Å². The van der Waals surface area contributed by atoms with Crippen molar-refractivity contribution in [2.75, 3.05) is 18.9 Å². The summed E-state index contributed by atoms with van der Waals surface area (Å²) in [6, 6.07) is 3.29. The van der Waals surface area contributed by atoms with E-state index in [1.54, 1.807) is 19.2 Å². The van der Waals surface area contributed by atoms with Crippen molar-refractivity contribution >= 4 is 15.7 Å². The van der Waals surface area contributed by atoms with Crippen molar-refractivity contribution in [3.05, 3.63) is 30.5 Å². The highest BCUT2D eigenvalue weighted by Gasteiger charge is 2.19. The van der Waals surface area contributed by atoms with Gasteiger partial charge in [-0.2, -0.15) is 4.98 Å². The maximum absolute atomic E-state index is 12.1. The SMILES string of the molecule is CNc1cccnc1S(=O)(=O)NCCc1ncno1. The molecule has 2 aromatic rings. The van der Waals surface area contributed by atoms with Gasteiger partial charge in [-0.15, -0.1) is 0 Å². The van der Waals surface area contributed by atoms with Crippen molar-refractivity contribution in [3.8, 4) is 0 Å². The third-order valence-electron chi connectivity index (χ3n) is 2.33. The van der Waals surface area contributed by atoms with E-state index in [4.69, 9.17) is 4.52 Å². The summed E-state index contributed by atoms with van der Waals surface area (Å²) in [4.78, 5) is 7.67. The zero-order valence-corrected chi connectivity index (χ0v) is 11.0. The van der Waals surface area contributed by atoms with Crippen LogP contribution in [-0.4, -0.2) is 37.1 Å². The minimum atomic E-state index is -3.67. The first-order chi connectivity index (χ1) is 9.13. The molecule has 0 spiro atoms. The Bertz CT molecular complexity index is 626. The molecule has 2 aromatic heterocycles. The number of pyridine rings is 1. The van der Waals surface area contributed by atoms with Gasteiger partial charge in [0.25, 0.3) is 10.0 Å². The molecular formula is C10H13N5O3S. The number of anilines is 1. The molecule has 0 atom stereocenters. The van der Waals surface area contributed by atoms with Gasteiger partial charge < -0.3 is 9.84 Å². The van der Waals surface area contributed by atoms with E-state index in [9.17, 15) is 8.42 Å². The quantitative estimate of drug-likeness (QED) is 0.769. The Kier molecular flexibility index (Phi) is 4.07. The van der Waals surface area contributed by atoms with Crippen LogP contribution in [0.3, 0.4) is 0 Å². The lowest BCUT2D eigenvalue weighted by Gasteiger charge is -2.09. The number of nitrogens with zero attached hydrogens (tertiary/aromatic N) is 3. The third-order valence-corrected chi connectivity index (χ3v) is 3.75. The summed E-state index contributed by atoms with van der Waals surface area (Å²) < 4.78 is 31.3. The maximum atomic E-state index is 12.1. The van der Waals surface area contributed by atoms with Gasteiger partial charge in [0.2, 0.25) is 5.89 Å². The van der Waals surface area contributed by atoms with Crippen LogP contribution in [-0.2, 0) is 16.4 Å². The fourth-order valence-corrected chi connectivity index (χ4v) is 2.63. The van der Waals surface area contributed by atoms with E-state index in [1.165, 1.54) is 12.5 Å². The molecule has 0 saturated heterocycles. The first-order valence-corrected chi connectivity index (χ1v) is 7.00. The van der Waals surface area contributed by atoms with Crippen LogP contribution in [0.25, 0.3) is 0 Å². The molecule has 0 bridgehead atoms. The molecule has 2 rings (SSSR count). The average Bonchev–Trinajstić information content (AvgIpc) is 2.91. The van der Waals surface area contributed by atoms with Gasteiger partial charge in [0.1, 0.15) is 0 Å². The summed E-state index contributed by atoms with van der Waals surface area (Å²) in [5.41, 5.74) is 0.438. The monoisotopic (exact) mass is 283 g/mol. The molecule has 19 heavy (non-hydrogen) atoms. The van der Waals surface area contributed by atoms with Crippen molar-refractivity contribution in [3.63, 3.8) is 0 Å². The number of hydrogen-bond acceptors (Lipinski definition) is 7. The number of hydrogen-bond donors (Lipinski definition) is 2. The summed E-state index contributed by atoms with van der Waals surface area (Å²) >= 11 is 0. The zero-order chi connectivity index (χ0) is 13.7. The predicted molar refractivity (Wildman–Crippen MR) is 67.0 cm³/mol. The topological polar surface area (TPSA) is 110 Å². The van der Waals surface area contributed by atoms with Gasteiger partial charge in [0, 0.05) is 26.2 Å². The molecular weight excluding hydrogens is 270 g/mol. The van der Waals surface area contributed by atoms with Gasteiger partial charge in [-0.25, -0.2) is 18.1 Å². The normalized spacial score (nSPS) is 11.4. The summed E-state index contributed by atoms with van der Waals surface area (Å²) in [7, 11) is -2.04. The van der Waals surface area contributed by atoms with E-state index in [1.807, 2.05) is 0 Å². The molecule has 8 nitrogen and oxygen atoms in total. The first kappa shape index (κ1) is 13.4. The van der Waals surface area contributed by atoms with Crippen molar-refractivity contribution in [1.82, 2.24) is 19.8 Å². The average molecular weight is 283 g/mol. The van der Waals surface area contributed by atoms with Gasteiger partial charge in [0.05, 0.1) is 5.69 Å². The Labute approximate surface area is 110 Å². The van der Waals surface area contributed by atoms with Crippen LogP contribution in [0, 0.1) is 0 Å². The van der Waals surface area contributed by atoms with Gasteiger partial charge in [-0.3, -0.25) is 0 Å². The highest BCUT2D eigenvalue weighted by molar-refractivity contribution is 7.89. The van der Waals surface area contributed by atoms with E-state index in [-0.39, 0.29) is 11.6 Å². The molecule has 0 fully saturated rings. The Morgan fingerprint density at radius 1 is 1.37 bits per heavy atom. The second kappa shape index (κ2) is 5.76. The summed E-state index contributed by atoms with van der Waals surface area (Å²) in [5.74, 6) is 0.373. The minimum Gasteiger partial charge on any atom is -0.386 e. The molecule has 0 aliphatic heterocycles. The molecule has 102 valence electrons. The largest absolute Gasteiger partial charge is 0.386 e. The lowest BCUT2D eigenvalue weighted by Crippen LogP contribution is -2.27. The molecule has 0 aliphatic carbocycles. The number of rotatable bonds is 6. The Morgan fingerprint density at radius 3 is 2.89 bits per heavy atom. The van der Waals surface area contributed by atoms with E-state index in [2.05, 4.69) is 25.2 Å². The molecule has 2 N–H and O–H groups in total. The van der Waals surface area contributed by atoms with Crippen molar-refractivity contribution in [1.29, 1.82) is 0 Å². The van der Waals surface area contributed by atoms with E-state index in [0.717, 1.165) is 0 Å². The lowest BCUT2D eigenvalue weighted by atomic mass is 10.4. The highest BCUT2D eigenvalue weighted by atomic mass is 32.2. The van der Waals surface area contributed by atoms with Crippen molar-refractivity contribution in [2.24, 2.45) is 0 Å². The van der Waals surface area contributed by atoms with Crippen LogP contribution in [0.2, 0.25) is 0 Å². The zero-order valence-electron chi connectivity index (χ0n) is 10.2. The highest BCUT2D eigenvalue weighted by Crippen LogP contribution is 2.16. The van der Waals surface area contributed by atoms with Gasteiger partial charge in [-0.05, 0) is 12.1 Å². The van der Waals surface area contributed by atoms with E-state index in [0.29, 0.717) is 18.0 Å². The molecule has 0 aromatic carbocycles. The summed E-state index contributed by atoms with van der Waals surface area (Å²) in [5, 5.41) is 6.18. The number of aromatic nitrogens is 3. The van der Waals surface area contributed by atoms with Gasteiger partial charge >= 0.3 is 0 Å². The second-order valence-electron chi connectivity index (χ2n) is 3.59. The van der Waals surface area contributed by atoms with Gasteiger partial charge in [-0.1, -0.05) is 5.16 Å². The van der Waals surface area contributed by atoms with E-state index < -0.39 is 10.0 Å². The van der Waals surface area contributed by atoms with E-state index >= 15 is 0 Å². The van der Waals surface area contributed by atoms with Crippen LogP contribution in [0.15, 0.2) is 34.2 Å². The Morgan fingerprint density at radius 2 is 2.21 bits per heavy atom. The molecule has 0 radical (unpaired) electrons. The summed E-state index contributed by atoms with van der Waals surface area (Å²) in [6.45, 7) is 0.157. The van der Waals surface area contributed by atoms with Crippen LogP contribution in [0.1, 0.15) is 5.89 Å². The van der Waals surface area contributed by atoms with Crippen LogP contribution in [0.4, 0.5) is 5.69 Å². The first-order valence-electron chi connectivity index (χ1n) is 5.51. The molecule has 0 unspecified atom stereocenters. The molecule has 2 heterocycles. The van der Waals surface area contributed by atoms with Crippen LogP contribution < -0.4 is 10.0 Å². The molecule has 0 aliphatic rings. The molecule has 0 amide bonds. The fraction of sp³-hybridized carbons (Fsp3) is 0.300.